The van der Waals surface area contributed by atoms with E-state index in [4.69, 9.17) is 25.5 Å². The average Bonchev–Trinajstić information content (AvgIpc) is 2.21. The largest absolute Gasteiger partial charge is 0.790 e. The van der Waals surface area contributed by atoms with Gasteiger partial charge in [-0.3, -0.25) is 0 Å². The predicted molar refractivity (Wildman–Crippen MR) is 44.7 cm³/mol. The van der Waals surface area contributed by atoms with Crippen LogP contribution in [-0.2, 0) is 9.09 Å². The number of aliphatic hydroxyl groups excluding tert-OH is 5. The Balaban J connectivity index is 4.17. The molecule has 4 atom stereocenters. The highest BCUT2D eigenvalue weighted by Gasteiger charge is 2.30. The lowest BCUT2D eigenvalue weighted by atomic mass is 10.0. The third-order valence-electron chi connectivity index (χ3n) is 1.73. The van der Waals surface area contributed by atoms with Crippen molar-refractivity contribution < 1.29 is 44.4 Å². The van der Waals surface area contributed by atoms with E-state index in [0.717, 1.165) is 0 Å². The van der Waals surface area contributed by atoms with Crippen molar-refractivity contribution >= 4 is 7.82 Å². The number of hydrogen-bond acceptors (Lipinski definition) is 9. The monoisotopic (exact) mass is 260 g/mol. The van der Waals surface area contributed by atoms with Gasteiger partial charge >= 0.3 is 0 Å². The highest BCUT2D eigenvalue weighted by molar-refractivity contribution is 7.43. The van der Waals surface area contributed by atoms with Gasteiger partial charge < -0.3 is 44.4 Å². The van der Waals surface area contributed by atoms with Gasteiger partial charge in [-0.2, -0.15) is 0 Å². The first-order valence-corrected chi connectivity index (χ1v) is 5.65. The standard InChI is InChI=1S/C6H15O9P/c7-1-3(8)5(10)6(11)4(9)2-15-16(12,13)14/h3-11H,1-2H2,(H2,12,13,14)/p-2/t3-,4+,5+,6-/m1/s1. The number of phosphoric acid groups is 1. The van der Waals surface area contributed by atoms with Crippen LogP contribution in [0.1, 0.15) is 0 Å². The fourth-order valence-electron chi connectivity index (χ4n) is 0.829. The molecule has 0 radical (unpaired) electrons. The zero-order chi connectivity index (χ0) is 12.9. The van der Waals surface area contributed by atoms with Crippen LogP contribution in [-0.4, -0.2) is 63.2 Å². The van der Waals surface area contributed by atoms with E-state index in [0.29, 0.717) is 0 Å². The second kappa shape index (κ2) is 6.60. The van der Waals surface area contributed by atoms with Crippen molar-refractivity contribution in [2.24, 2.45) is 0 Å². The molecule has 16 heavy (non-hydrogen) atoms. The molecule has 98 valence electrons. The fraction of sp³-hybridized carbons (Fsp3) is 1.00. The van der Waals surface area contributed by atoms with Gasteiger partial charge in [0.15, 0.2) is 0 Å². The molecule has 0 aromatic heterocycles. The lowest BCUT2D eigenvalue weighted by Crippen LogP contribution is -2.47. The molecule has 10 heteroatoms. The quantitative estimate of drug-likeness (QED) is 0.281. The molecule has 0 unspecified atom stereocenters. The van der Waals surface area contributed by atoms with Crippen molar-refractivity contribution in [3.05, 3.63) is 0 Å². The van der Waals surface area contributed by atoms with Crippen molar-refractivity contribution in [3.63, 3.8) is 0 Å². The van der Waals surface area contributed by atoms with Gasteiger partial charge in [-0.1, -0.05) is 0 Å². The maximum absolute atomic E-state index is 10.0. The Bertz CT molecular complexity index is 240. The minimum Gasteiger partial charge on any atom is -0.790 e. The van der Waals surface area contributed by atoms with Crippen molar-refractivity contribution in [3.8, 4) is 0 Å². The van der Waals surface area contributed by atoms with Gasteiger partial charge in [-0.05, 0) is 0 Å². The molecule has 0 aliphatic heterocycles. The Labute approximate surface area is 90.8 Å². The van der Waals surface area contributed by atoms with Crippen molar-refractivity contribution in [1.29, 1.82) is 0 Å². The van der Waals surface area contributed by atoms with Crippen molar-refractivity contribution in [2.75, 3.05) is 13.2 Å². The van der Waals surface area contributed by atoms with Crippen LogP contribution in [0.5, 0.6) is 0 Å². The van der Waals surface area contributed by atoms with Crippen molar-refractivity contribution in [1.82, 2.24) is 0 Å². The summed E-state index contributed by atoms with van der Waals surface area (Å²) in [5.74, 6) is 0. The molecule has 0 aromatic carbocycles. The Hall–Kier alpha value is -0.0900. The lowest BCUT2D eigenvalue weighted by molar-refractivity contribution is -0.343. The van der Waals surface area contributed by atoms with E-state index >= 15 is 0 Å². The van der Waals surface area contributed by atoms with E-state index in [1.807, 2.05) is 0 Å². The molecule has 0 saturated carbocycles. The van der Waals surface area contributed by atoms with Gasteiger partial charge in [0.05, 0.1) is 21.0 Å². The topological polar surface area (TPSA) is 174 Å². The number of phosphoric ester groups is 1. The predicted octanol–water partition coefficient (Wildman–Crippen LogP) is -4.73. The molecule has 0 heterocycles. The van der Waals surface area contributed by atoms with Crippen LogP contribution in [0.15, 0.2) is 0 Å². The summed E-state index contributed by atoms with van der Waals surface area (Å²) in [6.45, 7) is -1.92. The first-order chi connectivity index (χ1) is 7.19. The van der Waals surface area contributed by atoms with Gasteiger partial charge in [0.2, 0.25) is 0 Å². The third-order valence-corrected chi connectivity index (χ3v) is 2.19. The van der Waals surface area contributed by atoms with Crippen molar-refractivity contribution in [2.45, 2.75) is 24.4 Å². The number of rotatable bonds is 7. The minimum absolute atomic E-state index is 0.868. The molecule has 9 nitrogen and oxygen atoms in total. The average molecular weight is 260 g/mol. The lowest BCUT2D eigenvalue weighted by Gasteiger charge is -2.31. The summed E-state index contributed by atoms with van der Waals surface area (Å²) >= 11 is 0. The normalized spacial score (nSPS) is 20.2. The van der Waals surface area contributed by atoms with Crippen LogP contribution in [0, 0.1) is 0 Å². The molecule has 5 N–H and O–H groups in total. The van der Waals surface area contributed by atoms with Gasteiger partial charge in [-0.15, -0.1) is 0 Å². The summed E-state index contributed by atoms with van der Waals surface area (Å²) in [6.07, 6.45) is -7.47. The maximum atomic E-state index is 10.0. The highest BCUT2D eigenvalue weighted by atomic mass is 31.2. The number of aliphatic hydroxyl groups is 5. The summed E-state index contributed by atoms with van der Waals surface area (Å²) in [4.78, 5) is 20.0. The van der Waals surface area contributed by atoms with E-state index in [9.17, 15) is 14.4 Å². The fourth-order valence-corrected chi connectivity index (χ4v) is 1.16. The highest BCUT2D eigenvalue weighted by Crippen LogP contribution is 2.25. The van der Waals surface area contributed by atoms with Crippen LogP contribution in [0.4, 0.5) is 0 Å². The van der Waals surface area contributed by atoms with E-state index in [1.54, 1.807) is 0 Å². The second-order valence-electron chi connectivity index (χ2n) is 3.04. The smallest absolute Gasteiger partial charge is 0.111 e. The molecule has 0 aromatic rings. The molecule has 0 rings (SSSR count). The zero-order valence-electron chi connectivity index (χ0n) is 8.04. The van der Waals surface area contributed by atoms with E-state index in [2.05, 4.69) is 4.52 Å². The first-order valence-electron chi connectivity index (χ1n) is 4.18. The zero-order valence-corrected chi connectivity index (χ0v) is 8.93. The van der Waals surface area contributed by atoms with Crippen LogP contribution in [0.25, 0.3) is 0 Å². The Morgan fingerprint density at radius 1 is 1.06 bits per heavy atom. The minimum atomic E-state index is -5.28. The molecule has 0 spiro atoms. The second-order valence-corrected chi connectivity index (χ2v) is 4.19. The molecule has 0 aliphatic rings. The first kappa shape index (κ1) is 15.9. The van der Waals surface area contributed by atoms with Gasteiger partial charge in [0, 0.05) is 0 Å². The van der Waals surface area contributed by atoms with Crippen LogP contribution in [0.3, 0.4) is 0 Å². The van der Waals surface area contributed by atoms with E-state index < -0.39 is 45.5 Å². The van der Waals surface area contributed by atoms with E-state index in [-0.39, 0.29) is 0 Å². The summed E-state index contributed by atoms with van der Waals surface area (Å²) in [7, 11) is -5.28. The Kier molecular flexibility index (Phi) is 6.56. The Morgan fingerprint density at radius 2 is 1.50 bits per heavy atom. The summed E-state index contributed by atoms with van der Waals surface area (Å²) in [6, 6.07) is 0. The van der Waals surface area contributed by atoms with Crippen LogP contribution in [0.2, 0.25) is 0 Å². The molecule has 0 amide bonds. The van der Waals surface area contributed by atoms with Crippen LogP contribution < -0.4 is 9.79 Å². The summed E-state index contributed by atoms with van der Waals surface area (Å²) < 4.78 is 13.7. The maximum Gasteiger partial charge on any atom is 0.111 e. The Morgan fingerprint density at radius 3 is 1.88 bits per heavy atom. The van der Waals surface area contributed by atoms with Gasteiger partial charge in [-0.25, -0.2) is 0 Å². The molecular formula is C6H13O9P-2. The summed E-state index contributed by atoms with van der Waals surface area (Å²) in [5.41, 5.74) is 0. The molecule has 0 saturated heterocycles. The van der Waals surface area contributed by atoms with E-state index in [1.165, 1.54) is 0 Å². The molecule has 0 bridgehead atoms. The SMILES string of the molecule is O=P([O-])([O-])OC[C@H](O)[C@@H](O)[C@@H](O)[C@H](O)CO. The number of hydrogen-bond donors (Lipinski definition) is 5. The molecule has 0 fully saturated rings. The third kappa shape index (κ3) is 5.85. The molecule has 0 aliphatic carbocycles. The van der Waals surface area contributed by atoms with Crippen LogP contribution >= 0.6 is 7.82 Å². The summed E-state index contributed by atoms with van der Waals surface area (Å²) in [5, 5.41) is 44.6. The van der Waals surface area contributed by atoms with Gasteiger partial charge in [0.1, 0.15) is 24.4 Å². The molecular weight excluding hydrogens is 247 g/mol. The van der Waals surface area contributed by atoms with Gasteiger partial charge in [0.25, 0.3) is 0 Å².